The second kappa shape index (κ2) is 5.57. The molecule has 0 radical (unpaired) electrons. The summed E-state index contributed by atoms with van der Waals surface area (Å²) in [6, 6.07) is 7.84. The standard InChI is InChI=1S/C16H20FN3/c1-5-18-15-19-10-13(17)14(20-15)11-6-8-12(9-7-11)16(2,3)4/h6-10H,5H2,1-4H3,(H,18,19,20). The average molecular weight is 273 g/mol. The van der Waals surface area contributed by atoms with E-state index in [4.69, 9.17) is 0 Å². The van der Waals surface area contributed by atoms with Crippen molar-refractivity contribution in [3.8, 4) is 11.3 Å². The number of hydrogen-bond donors (Lipinski definition) is 1. The molecule has 0 saturated heterocycles. The molecule has 4 heteroatoms. The number of benzene rings is 1. The minimum absolute atomic E-state index is 0.0810. The van der Waals surface area contributed by atoms with Crippen molar-refractivity contribution in [3.05, 3.63) is 41.8 Å². The summed E-state index contributed by atoms with van der Waals surface area (Å²) >= 11 is 0. The molecule has 1 heterocycles. The van der Waals surface area contributed by atoms with Crippen LogP contribution in [0.25, 0.3) is 11.3 Å². The third-order valence-electron chi connectivity index (χ3n) is 3.10. The lowest BCUT2D eigenvalue weighted by Gasteiger charge is -2.19. The van der Waals surface area contributed by atoms with Gasteiger partial charge in [-0.05, 0) is 17.9 Å². The fraction of sp³-hybridized carbons (Fsp3) is 0.375. The van der Waals surface area contributed by atoms with Gasteiger partial charge in [-0.15, -0.1) is 0 Å². The second-order valence-corrected chi connectivity index (χ2v) is 5.75. The van der Waals surface area contributed by atoms with Crippen molar-refractivity contribution in [2.75, 3.05) is 11.9 Å². The van der Waals surface area contributed by atoms with Gasteiger partial charge in [0.15, 0.2) is 5.82 Å². The van der Waals surface area contributed by atoms with E-state index >= 15 is 0 Å². The molecule has 3 nitrogen and oxygen atoms in total. The van der Waals surface area contributed by atoms with Crippen molar-refractivity contribution in [2.24, 2.45) is 0 Å². The first-order valence-corrected chi connectivity index (χ1v) is 6.79. The summed E-state index contributed by atoms with van der Waals surface area (Å²) in [5.41, 5.74) is 2.38. The maximum absolute atomic E-state index is 13.9. The van der Waals surface area contributed by atoms with Gasteiger partial charge in [-0.3, -0.25) is 0 Å². The molecule has 0 saturated carbocycles. The number of rotatable bonds is 3. The van der Waals surface area contributed by atoms with Crippen LogP contribution in [-0.2, 0) is 5.41 Å². The fourth-order valence-corrected chi connectivity index (χ4v) is 1.94. The fourth-order valence-electron chi connectivity index (χ4n) is 1.94. The van der Waals surface area contributed by atoms with Gasteiger partial charge in [-0.1, -0.05) is 45.0 Å². The third-order valence-corrected chi connectivity index (χ3v) is 3.10. The second-order valence-electron chi connectivity index (χ2n) is 5.75. The zero-order valence-corrected chi connectivity index (χ0v) is 12.4. The van der Waals surface area contributed by atoms with Crippen molar-refractivity contribution in [1.29, 1.82) is 0 Å². The Balaban J connectivity index is 2.38. The summed E-state index contributed by atoms with van der Waals surface area (Å²) in [6.07, 6.45) is 1.21. The molecule has 20 heavy (non-hydrogen) atoms. The molecule has 0 aliphatic carbocycles. The first-order valence-electron chi connectivity index (χ1n) is 6.79. The summed E-state index contributed by atoms with van der Waals surface area (Å²) in [7, 11) is 0. The SMILES string of the molecule is CCNc1ncc(F)c(-c2ccc(C(C)(C)C)cc2)n1. The van der Waals surface area contributed by atoms with Crippen LogP contribution >= 0.6 is 0 Å². The monoisotopic (exact) mass is 273 g/mol. The molecule has 106 valence electrons. The van der Waals surface area contributed by atoms with Crippen LogP contribution in [0, 0.1) is 5.82 Å². The first kappa shape index (κ1) is 14.4. The summed E-state index contributed by atoms with van der Waals surface area (Å²) in [4.78, 5) is 8.14. The van der Waals surface area contributed by atoms with Crippen molar-refractivity contribution >= 4 is 5.95 Å². The van der Waals surface area contributed by atoms with Crippen LogP contribution < -0.4 is 5.32 Å². The van der Waals surface area contributed by atoms with Crippen molar-refractivity contribution in [1.82, 2.24) is 9.97 Å². The van der Waals surface area contributed by atoms with Gasteiger partial charge in [0.2, 0.25) is 5.95 Å². The van der Waals surface area contributed by atoms with E-state index in [1.165, 1.54) is 11.8 Å². The van der Waals surface area contributed by atoms with Gasteiger partial charge in [-0.2, -0.15) is 0 Å². The zero-order valence-electron chi connectivity index (χ0n) is 12.4. The molecule has 0 aliphatic heterocycles. The van der Waals surface area contributed by atoms with Crippen molar-refractivity contribution < 1.29 is 4.39 Å². The Bertz CT molecular complexity index is 586. The van der Waals surface area contributed by atoms with E-state index in [1.54, 1.807) is 0 Å². The lowest BCUT2D eigenvalue weighted by molar-refractivity contribution is 0.590. The quantitative estimate of drug-likeness (QED) is 0.918. The zero-order chi connectivity index (χ0) is 14.8. The molecule has 0 fully saturated rings. The smallest absolute Gasteiger partial charge is 0.223 e. The Morgan fingerprint density at radius 2 is 1.80 bits per heavy atom. The highest BCUT2D eigenvalue weighted by molar-refractivity contribution is 5.61. The van der Waals surface area contributed by atoms with E-state index < -0.39 is 5.82 Å². The molecule has 1 aromatic heterocycles. The van der Waals surface area contributed by atoms with Gasteiger partial charge >= 0.3 is 0 Å². The number of hydrogen-bond acceptors (Lipinski definition) is 3. The summed E-state index contributed by atoms with van der Waals surface area (Å²) in [6.45, 7) is 9.10. The molecule has 2 rings (SSSR count). The predicted molar refractivity (Wildman–Crippen MR) is 80.3 cm³/mol. The molecule has 1 aromatic carbocycles. The third kappa shape index (κ3) is 3.13. The largest absolute Gasteiger partial charge is 0.354 e. The highest BCUT2D eigenvalue weighted by atomic mass is 19.1. The van der Waals surface area contributed by atoms with Gasteiger partial charge < -0.3 is 5.32 Å². The molecular formula is C16H20FN3. The van der Waals surface area contributed by atoms with E-state index in [1.807, 2.05) is 31.2 Å². The van der Waals surface area contributed by atoms with Crippen LogP contribution in [0.5, 0.6) is 0 Å². The Morgan fingerprint density at radius 1 is 1.15 bits per heavy atom. The Hall–Kier alpha value is -1.97. The van der Waals surface area contributed by atoms with Gasteiger partial charge in [0.05, 0.1) is 6.20 Å². The van der Waals surface area contributed by atoms with E-state index in [0.29, 0.717) is 18.2 Å². The number of aromatic nitrogens is 2. The van der Waals surface area contributed by atoms with Crippen LogP contribution in [0.15, 0.2) is 30.5 Å². The van der Waals surface area contributed by atoms with Crippen LogP contribution in [0.1, 0.15) is 33.3 Å². The molecule has 0 spiro atoms. The Kier molecular flexibility index (Phi) is 4.02. The predicted octanol–water partition coefficient (Wildman–Crippen LogP) is 4.01. The maximum atomic E-state index is 13.9. The van der Waals surface area contributed by atoms with Gasteiger partial charge in [0.1, 0.15) is 5.69 Å². The number of nitrogens with zero attached hydrogens (tertiary/aromatic N) is 2. The first-order chi connectivity index (χ1) is 9.41. The Labute approximate surface area is 119 Å². The Morgan fingerprint density at radius 3 is 2.35 bits per heavy atom. The van der Waals surface area contributed by atoms with E-state index in [0.717, 1.165) is 5.56 Å². The topological polar surface area (TPSA) is 37.8 Å². The van der Waals surface area contributed by atoms with E-state index in [-0.39, 0.29) is 5.41 Å². The minimum Gasteiger partial charge on any atom is -0.354 e. The molecule has 2 aromatic rings. The van der Waals surface area contributed by atoms with Crippen molar-refractivity contribution in [3.63, 3.8) is 0 Å². The molecular weight excluding hydrogens is 253 g/mol. The molecule has 0 unspecified atom stereocenters. The molecule has 1 N–H and O–H groups in total. The van der Waals surface area contributed by atoms with Gasteiger partial charge in [0.25, 0.3) is 0 Å². The van der Waals surface area contributed by atoms with Gasteiger partial charge in [-0.25, -0.2) is 14.4 Å². The number of nitrogens with one attached hydrogen (secondary N) is 1. The number of halogens is 1. The molecule has 0 aliphatic rings. The summed E-state index contributed by atoms with van der Waals surface area (Å²) in [5.74, 6) is 0.0407. The van der Waals surface area contributed by atoms with Crippen LogP contribution in [0.3, 0.4) is 0 Å². The van der Waals surface area contributed by atoms with E-state index in [2.05, 4.69) is 36.1 Å². The maximum Gasteiger partial charge on any atom is 0.223 e. The lowest BCUT2D eigenvalue weighted by atomic mass is 9.86. The molecule has 0 bridgehead atoms. The highest BCUT2D eigenvalue weighted by Gasteiger charge is 2.14. The summed E-state index contributed by atoms with van der Waals surface area (Å²) in [5, 5.41) is 2.99. The lowest BCUT2D eigenvalue weighted by Crippen LogP contribution is -2.10. The van der Waals surface area contributed by atoms with E-state index in [9.17, 15) is 4.39 Å². The molecule has 0 atom stereocenters. The normalized spacial score (nSPS) is 11.4. The van der Waals surface area contributed by atoms with Crippen molar-refractivity contribution in [2.45, 2.75) is 33.1 Å². The minimum atomic E-state index is -0.407. The number of anilines is 1. The van der Waals surface area contributed by atoms with Crippen LogP contribution in [0.2, 0.25) is 0 Å². The average Bonchev–Trinajstić information content (AvgIpc) is 2.40. The molecule has 0 amide bonds. The van der Waals surface area contributed by atoms with Gasteiger partial charge in [0, 0.05) is 12.1 Å². The van der Waals surface area contributed by atoms with Crippen LogP contribution in [-0.4, -0.2) is 16.5 Å². The summed E-state index contributed by atoms with van der Waals surface area (Å²) < 4.78 is 13.9. The highest BCUT2D eigenvalue weighted by Crippen LogP contribution is 2.26. The van der Waals surface area contributed by atoms with Crippen LogP contribution in [0.4, 0.5) is 10.3 Å².